The van der Waals surface area contributed by atoms with Crippen LogP contribution in [0, 0.1) is 0 Å². The number of thiophene rings is 1. The predicted molar refractivity (Wildman–Crippen MR) is 135 cm³/mol. The van der Waals surface area contributed by atoms with Crippen LogP contribution in [0.5, 0.6) is 0 Å². The summed E-state index contributed by atoms with van der Waals surface area (Å²) in [7, 11) is -3.64. The highest BCUT2D eigenvalue weighted by molar-refractivity contribution is 7.91. The van der Waals surface area contributed by atoms with Crippen molar-refractivity contribution in [1.82, 2.24) is 30.0 Å². The van der Waals surface area contributed by atoms with Crippen LogP contribution in [0.2, 0.25) is 4.34 Å². The molecule has 10 nitrogen and oxygen atoms in total. The van der Waals surface area contributed by atoms with Crippen LogP contribution in [0.1, 0.15) is 12.0 Å². The van der Waals surface area contributed by atoms with Crippen LogP contribution in [0.4, 0.5) is 5.69 Å². The van der Waals surface area contributed by atoms with E-state index in [1.165, 1.54) is 12.1 Å². The lowest BCUT2D eigenvalue weighted by Crippen LogP contribution is -2.34. The third-order valence-corrected chi connectivity index (χ3v) is 8.14. The molecule has 0 atom stereocenters. The maximum atomic E-state index is 12.3. The summed E-state index contributed by atoms with van der Waals surface area (Å²) in [6.45, 7) is 0.237. The highest BCUT2D eigenvalue weighted by Crippen LogP contribution is 2.25. The normalized spacial score (nSPS) is 11.5. The largest absolute Gasteiger partial charge is 0.397 e. The number of benzene rings is 1. The molecule has 0 bridgehead atoms. The van der Waals surface area contributed by atoms with Crippen molar-refractivity contribution in [2.45, 2.75) is 17.1 Å². The Hall–Kier alpha value is -3.32. The van der Waals surface area contributed by atoms with Gasteiger partial charge < -0.3 is 11.1 Å². The minimum atomic E-state index is -3.64. The summed E-state index contributed by atoms with van der Waals surface area (Å²) in [4.78, 5) is 16.6. The van der Waals surface area contributed by atoms with E-state index in [4.69, 9.17) is 17.3 Å². The van der Waals surface area contributed by atoms with E-state index in [9.17, 15) is 13.2 Å². The molecule has 0 saturated heterocycles. The molecule has 0 radical (unpaired) electrons. The summed E-state index contributed by atoms with van der Waals surface area (Å²) in [5, 5.41) is 11.1. The monoisotopic (exact) mass is 531 g/mol. The molecule has 0 saturated carbocycles. The van der Waals surface area contributed by atoms with Crippen molar-refractivity contribution < 1.29 is 13.2 Å². The summed E-state index contributed by atoms with van der Waals surface area (Å²) in [6, 6.07) is 14.1. The number of hydrogen-bond acceptors (Lipinski definition) is 8. The van der Waals surface area contributed by atoms with Crippen molar-refractivity contribution in [3.05, 3.63) is 70.8 Å². The number of nitrogen functional groups attached to an aromatic ring is 1. The van der Waals surface area contributed by atoms with Gasteiger partial charge in [0.2, 0.25) is 15.9 Å². The molecule has 35 heavy (non-hydrogen) atoms. The van der Waals surface area contributed by atoms with Crippen LogP contribution >= 0.6 is 22.9 Å². The first-order valence-electron chi connectivity index (χ1n) is 10.6. The van der Waals surface area contributed by atoms with Crippen molar-refractivity contribution in [2.24, 2.45) is 0 Å². The van der Waals surface area contributed by atoms with Crippen molar-refractivity contribution >= 4 is 44.6 Å². The quantitative estimate of drug-likeness (QED) is 0.267. The third-order valence-electron chi connectivity index (χ3n) is 4.95. The number of pyridine rings is 1. The van der Waals surface area contributed by atoms with Gasteiger partial charge >= 0.3 is 0 Å². The molecule has 4 N–H and O–H groups in total. The molecule has 0 aliphatic rings. The Morgan fingerprint density at radius 1 is 1.09 bits per heavy atom. The van der Waals surface area contributed by atoms with Crippen molar-refractivity contribution in [3.8, 4) is 17.1 Å². The number of rotatable bonds is 10. The first-order chi connectivity index (χ1) is 16.8. The van der Waals surface area contributed by atoms with Gasteiger partial charge in [0.05, 0.1) is 33.8 Å². The van der Waals surface area contributed by atoms with Crippen LogP contribution in [-0.4, -0.2) is 47.4 Å². The van der Waals surface area contributed by atoms with E-state index < -0.39 is 10.0 Å². The van der Waals surface area contributed by atoms with E-state index in [-0.39, 0.29) is 29.6 Å². The van der Waals surface area contributed by atoms with Crippen LogP contribution in [0.3, 0.4) is 0 Å². The Morgan fingerprint density at radius 3 is 2.66 bits per heavy atom. The SMILES string of the molecule is Nc1ccc(-c2cn(-c3ccccc3CCC(=O)NCCNS(=O)(=O)c3ccc(Cl)s3)nn2)nc1. The van der Waals surface area contributed by atoms with Crippen molar-refractivity contribution in [2.75, 3.05) is 18.8 Å². The van der Waals surface area contributed by atoms with Crippen LogP contribution < -0.4 is 15.8 Å². The van der Waals surface area contributed by atoms with Gasteiger partial charge in [0.15, 0.2) is 0 Å². The first-order valence-corrected chi connectivity index (χ1v) is 13.2. The third kappa shape index (κ3) is 6.42. The summed E-state index contributed by atoms with van der Waals surface area (Å²) >= 11 is 6.77. The molecule has 0 aliphatic carbocycles. The summed E-state index contributed by atoms with van der Waals surface area (Å²) in [6.07, 6.45) is 4.02. The standard InChI is InChI=1S/C22H22ClN7O3S2/c23-20-8-10-22(34-20)35(32,33)27-12-11-25-21(31)9-5-15-3-1-2-4-19(15)30-14-18(28-29-30)17-7-6-16(24)13-26-17/h1-4,6-8,10,13-14,27H,5,9,11-12,24H2,(H,25,31). The summed E-state index contributed by atoms with van der Waals surface area (Å²) in [5.41, 5.74) is 9.23. The molecule has 0 fully saturated rings. The lowest BCUT2D eigenvalue weighted by atomic mass is 10.1. The number of aryl methyl sites for hydroxylation is 1. The van der Waals surface area contributed by atoms with E-state index in [2.05, 4.69) is 25.3 Å². The lowest BCUT2D eigenvalue weighted by Gasteiger charge is -2.10. The van der Waals surface area contributed by atoms with Crippen molar-refractivity contribution in [1.29, 1.82) is 0 Å². The summed E-state index contributed by atoms with van der Waals surface area (Å²) < 4.78 is 29.0. The minimum absolute atomic E-state index is 0.0705. The zero-order chi connectivity index (χ0) is 24.8. The lowest BCUT2D eigenvalue weighted by molar-refractivity contribution is -0.121. The zero-order valence-electron chi connectivity index (χ0n) is 18.4. The Labute approximate surface area is 211 Å². The fourth-order valence-corrected chi connectivity index (χ4v) is 5.80. The van der Waals surface area contributed by atoms with Crippen LogP contribution in [0.25, 0.3) is 17.1 Å². The van der Waals surface area contributed by atoms with Gasteiger partial charge in [0.25, 0.3) is 0 Å². The number of halogens is 1. The van der Waals surface area contributed by atoms with E-state index in [0.717, 1.165) is 22.6 Å². The molecule has 4 aromatic rings. The van der Waals surface area contributed by atoms with Gasteiger partial charge in [0, 0.05) is 19.5 Å². The average Bonchev–Trinajstić information content (AvgIpc) is 3.51. The molecule has 4 rings (SSSR count). The molecule has 0 aliphatic heterocycles. The predicted octanol–water partition coefficient (Wildman–Crippen LogP) is 2.65. The van der Waals surface area contributed by atoms with Gasteiger partial charge in [-0.1, -0.05) is 35.0 Å². The second-order valence-electron chi connectivity index (χ2n) is 7.46. The number of para-hydroxylation sites is 1. The Bertz CT molecular complexity index is 1420. The highest BCUT2D eigenvalue weighted by Gasteiger charge is 2.16. The molecule has 1 amide bonds. The Kier molecular flexibility index (Phi) is 7.76. The van der Waals surface area contributed by atoms with Gasteiger partial charge in [-0.25, -0.2) is 17.8 Å². The first kappa shape index (κ1) is 24.8. The number of anilines is 1. The fraction of sp³-hybridized carbons (Fsp3) is 0.182. The second kappa shape index (κ2) is 11.0. The number of carbonyl (C=O) groups is 1. The number of nitrogens with two attached hydrogens (primary N) is 1. The zero-order valence-corrected chi connectivity index (χ0v) is 20.8. The Morgan fingerprint density at radius 2 is 1.91 bits per heavy atom. The Balaban J connectivity index is 1.30. The molecule has 0 spiro atoms. The number of sulfonamides is 1. The molecule has 182 valence electrons. The van der Waals surface area contributed by atoms with Gasteiger partial charge in [-0.15, -0.1) is 16.4 Å². The smallest absolute Gasteiger partial charge is 0.250 e. The second-order valence-corrected chi connectivity index (χ2v) is 11.2. The average molecular weight is 532 g/mol. The molecule has 1 aromatic carbocycles. The number of hydrogen-bond donors (Lipinski definition) is 3. The number of nitrogens with one attached hydrogen (secondary N) is 2. The van der Waals surface area contributed by atoms with E-state index >= 15 is 0 Å². The molecule has 3 heterocycles. The fourth-order valence-electron chi connectivity index (χ4n) is 3.24. The molecular weight excluding hydrogens is 510 g/mol. The van der Waals surface area contributed by atoms with Crippen LogP contribution in [-0.2, 0) is 21.2 Å². The highest BCUT2D eigenvalue weighted by atomic mass is 35.5. The molecule has 13 heteroatoms. The number of carbonyl (C=O) groups excluding carboxylic acids is 1. The van der Waals surface area contributed by atoms with Gasteiger partial charge in [-0.2, -0.15) is 0 Å². The molecular formula is C22H22ClN7O3S2. The van der Waals surface area contributed by atoms with Gasteiger partial charge in [0.1, 0.15) is 9.90 Å². The number of aromatic nitrogens is 4. The van der Waals surface area contributed by atoms with E-state index in [0.29, 0.717) is 27.8 Å². The molecule has 0 unspecified atom stereocenters. The van der Waals surface area contributed by atoms with Gasteiger partial charge in [-0.3, -0.25) is 9.78 Å². The van der Waals surface area contributed by atoms with Crippen LogP contribution in [0.15, 0.2) is 65.1 Å². The topological polar surface area (TPSA) is 145 Å². The number of amides is 1. The summed E-state index contributed by atoms with van der Waals surface area (Å²) in [5.74, 6) is -0.191. The maximum absolute atomic E-state index is 12.3. The maximum Gasteiger partial charge on any atom is 0.250 e. The van der Waals surface area contributed by atoms with Gasteiger partial charge in [-0.05, 0) is 42.3 Å². The minimum Gasteiger partial charge on any atom is -0.397 e. The van der Waals surface area contributed by atoms with Crippen molar-refractivity contribution in [3.63, 3.8) is 0 Å². The number of nitrogens with zero attached hydrogens (tertiary/aromatic N) is 4. The molecule has 3 aromatic heterocycles. The van der Waals surface area contributed by atoms with E-state index in [1.54, 1.807) is 29.2 Å². The van der Waals surface area contributed by atoms with E-state index in [1.807, 2.05) is 24.3 Å².